The van der Waals surface area contributed by atoms with Crippen molar-refractivity contribution in [1.82, 2.24) is 10.2 Å². The fourth-order valence-corrected chi connectivity index (χ4v) is 2.50. The van der Waals surface area contributed by atoms with Crippen molar-refractivity contribution in [3.63, 3.8) is 0 Å². The summed E-state index contributed by atoms with van der Waals surface area (Å²) >= 11 is 0. The molecule has 2 atom stereocenters. The Hall–Kier alpha value is -0.0800. The van der Waals surface area contributed by atoms with Gasteiger partial charge >= 0.3 is 0 Å². The Morgan fingerprint density at radius 2 is 1.85 bits per heavy atom. The molecule has 0 radical (unpaired) electrons. The van der Waals surface area contributed by atoms with E-state index in [0.717, 1.165) is 11.8 Å². The number of hydrogen-bond acceptors (Lipinski definition) is 2. The van der Waals surface area contributed by atoms with Crippen LogP contribution in [0.1, 0.15) is 34.1 Å². The van der Waals surface area contributed by atoms with Gasteiger partial charge in [-0.25, -0.2) is 0 Å². The Labute approximate surface area is 82.7 Å². The first-order valence-corrected chi connectivity index (χ1v) is 5.51. The number of rotatable bonds is 3. The highest BCUT2D eigenvalue weighted by Gasteiger charge is 2.35. The molecule has 0 aromatic carbocycles. The molecule has 0 aromatic heterocycles. The normalized spacial score (nSPS) is 30.7. The van der Waals surface area contributed by atoms with Crippen LogP contribution in [0.2, 0.25) is 0 Å². The van der Waals surface area contributed by atoms with E-state index in [4.69, 9.17) is 0 Å². The summed E-state index contributed by atoms with van der Waals surface area (Å²) in [6, 6.07) is 0.668. The average Bonchev–Trinajstić information content (AvgIpc) is 2.46. The molecule has 1 aliphatic rings. The van der Waals surface area contributed by atoms with Crippen LogP contribution in [0.25, 0.3) is 0 Å². The lowest BCUT2D eigenvalue weighted by molar-refractivity contribution is 0.142. The third-order valence-electron chi connectivity index (χ3n) is 3.30. The molecule has 1 saturated heterocycles. The van der Waals surface area contributed by atoms with Crippen LogP contribution in [0.3, 0.4) is 0 Å². The first kappa shape index (κ1) is 11.0. The van der Waals surface area contributed by atoms with Gasteiger partial charge in [0.15, 0.2) is 0 Å². The van der Waals surface area contributed by atoms with E-state index >= 15 is 0 Å². The SMILES string of the molecule is CNC1C(C(C)C)CCN1C(C)C. The van der Waals surface area contributed by atoms with E-state index in [1.807, 2.05) is 0 Å². The number of nitrogens with one attached hydrogen (secondary N) is 1. The van der Waals surface area contributed by atoms with Crippen molar-refractivity contribution in [3.8, 4) is 0 Å². The van der Waals surface area contributed by atoms with Gasteiger partial charge in [-0.15, -0.1) is 0 Å². The van der Waals surface area contributed by atoms with Gasteiger partial charge in [-0.2, -0.15) is 0 Å². The Morgan fingerprint density at radius 3 is 2.23 bits per heavy atom. The van der Waals surface area contributed by atoms with E-state index in [1.54, 1.807) is 0 Å². The summed E-state index contributed by atoms with van der Waals surface area (Å²) < 4.78 is 0. The van der Waals surface area contributed by atoms with Gasteiger partial charge < -0.3 is 5.32 Å². The Morgan fingerprint density at radius 1 is 1.23 bits per heavy atom. The molecule has 0 aliphatic carbocycles. The highest BCUT2D eigenvalue weighted by Crippen LogP contribution is 2.29. The second kappa shape index (κ2) is 4.43. The highest BCUT2D eigenvalue weighted by molar-refractivity contribution is 4.87. The van der Waals surface area contributed by atoms with Gasteiger partial charge in [0.2, 0.25) is 0 Å². The van der Waals surface area contributed by atoms with E-state index in [-0.39, 0.29) is 0 Å². The summed E-state index contributed by atoms with van der Waals surface area (Å²) in [5.74, 6) is 1.62. The molecule has 2 heteroatoms. The molecule has 1 N–H and O–H groups in total. The third-order valence-corrected chi connectivity index (χ3v) is 3.30. The zero-order valence-corrected chi connectivity index (χ0v) is 9.67. The van der Waals surface area contributed by atoms with Crippen molar-refractivity contribution in [3.05, 3.63) is 0 Å². The predicted molar refractivity (Wildman–Crippen MR) is 57.6 cm³/mol. The van der Waals surface area contributed by atoms with E-state index < -0.39 is 0 Å². The Balaban J connectivity index is 2.63. The molecule has 0 aromatic rings. The van der Waals surface area contributed by atoms with Crippen molar-refractivity contribution in [2.45, 2.75) is 46.3 Å². The largest absolute Gasteiger partial charge is 0.305 e. The van der Waals surface area contributed by atoms with Crippen molar-refractivity contribution in [1.29, 1.82) is 0 Å². The molecule has 1 aliphatic heterocycles. The van der Waals surface area contributed by atoms with Crippen LogP contribution < -0.4 is 5.32 Å². The molecular weight excluding hydrogens is 160 g/mol. The highest BCUT2D eigenvalue weighted by atomic mass is 15.3. The maximum absolute atomic E-state index is 3.45. The molecule has 0 bridgehead atoms. The van der Waals surface area contributed by atoms with E-state index in [0.29, 0.717) is 12.2 Å². The lowest BCUT2D eigenvalue weighted by Crippen LogP contribution is -2.47. The zero-order chi connectivity index (χ0) is 10.0. The second-order valence-corrected chi connectivity index (χ2v) is 4.76. The number of nitrogens with zero attached hydrogens (tertiary/aromatic N) is 1. The summed E-state index contributed by atoms with van der Waals surface area (Å²) in [4.78, 5) is 2.57. The summed E-state index contributed by atoms with van der Waals surface area (Å²) in [6.45, 7) is 10.5. The average molecular weight is 184 g/mol. The first-order chi connectivity index (χ1) is 6.07. The van der Waals surface area contributed by atoms with Gasteiger partial charge in [0.05, 0.1) is 6.17 Å². The first-order valence-electron chi connectivity index (χ1n) is 5.51. The van der Waals surface area contributed by atoms with Crippen LogP contribution in [0.4, 0.5) is 0 Å². The van der Waals surface area contributed by atoms with Crippen molar-refractivity contribution >= 4 is 0 Å². The minimum atomic E-state index is 0.597. The van der Waals surface area contributed by atoms with Crippen molar-refractivity contribution < 1.29 is 0 Å². The number of hydrogen-bond donors (Lipinski definition) is 1. The van der Waals surface area contributed by atoms with Crippen LogP contribution in [-0.4, -0.2) is 30.7 Å². The fraction of sp³-hybridized carbons (Fsp3) is 1.00. The monoisotopic (exact) mass is 184 g/mol. The molecule has 1 rings (SSSR count). The Bertz CT molecular complexity index is 138. The molecule has 0 spiro atoms. The minimum Gasteiger partial charge on any atom is -0.305 e. The maximum Gasteiger partial charge on any atom is 0.0628 e. The van der Waals surface area contributed by atoms with Crippen molar-refractivity contribution in [2.75, 3.05) is 13.6 Å². The van der Waals surface area contributed by atoms with Gasteiger partial charge in [0.25, 0.3) is 0 Å². The predicted octanol–water partition coefficient (Wildman–Crippen LogP) is 1.92. The van der Waals surface area contributed by atoms with E-state index in [9.17, 15) is 0 Å². The van der Waals surface area contributed by atoms with Crippen LogP contribution >= 0.6 is 0 Å². The quantitative estimate of drug-likeness (QED) is 0.721. The van der Waals surface area contributed by atoms with E-state index in [2.05, 4.69) is 45.0 Å². The summed E-state index contributed by atoms with van der Waals surface area (Å²) in [5.41, 5.74) is 0. The van der Waals surface area contributed by atoms with Crippen molar-refractivity contribution in [2.24, 2.45) is 11.8 Å². The smallest absolute Gasteiger partial charge is 0.0628 e. The Kier molecular flexibility index (Phi) is 3.74. The van der Waals surface area contributed by atoms with Gasteiger partial charge in [-0.1, -0.05) is 13.8 Å². The zero-order valence-electron chi connectivity index (χ0n) is 9.67. The van der Waals surface area contributed by atoms with Crippen LogP contribution in [0, 0.1) is 11.8 Å². The summed E-state index contributed by atoms with van der Waals surface area (Å²) in [7, 11) is 2.08. The minimum absolute atomic E-state index is 0.597. The second-order valence-electron chi connectivity index (χ2n) is 4.76. The third kappa shape index (κ3) is 2.23. The molecule has 0 saturated carbocycles. The molecule has 1 fully saturated rings. The van der Waals surface area contributed by atoms with Gasteiger partial charge in [-0.05, 0) is 39.2 Å². The van der Waals surface area contributed by atoms with Gasteiger partial charge in [-0.3, -0.25) is 4.90 Å². The number of likely N-dealkylation sites (tertiary alicyclic amines) is 1. The molecule has 2 unspecified atom stereocenters. The lowest BCUT2D eigenvalue weighted by atomic mass is 9.92. The van der Waals surface area contributed by atoms with Crippen LogP contribution in [0.15, 0.2) is 0 Å². The lowest BCUT2D eigenvalue weighted by Gasteiger charge is -2.32. The molecule has 13 heavy (non-hydrogen) atoms. The molecule has 0 amide bonds. The van der Waals surface area contributed by atoms with Crippen LogP contribution in [0.5, 0.6) is 0 Å². The van der Waals surface area contributed by atoms with Crippen LogP contribution in [-0.2, 0) is 0 Å². The van der Waals surface area contributed by atoms with Gasteiger partial charge in [0.1, 0.15) is 0 Å². The van der Waals surface area contributed by atoms with Gasteiger partial charge in [0, 0.05) is 12.6 Å². The molecule has 2 nitrogen and oxygen atoms in total. The standard InChI is InChI=1S/C11H24N2/c1-8(2)10-6-7-13(9(3)4)11(10)12-5/h8-12H,6-7H2,1-5H3. The summed E-state index contributed by atoms with van der Waals surface area (Å²) in [6.07, 6.45) is 1.95. The molecular formula is C11H24N2. The molecule has 78 valence electrons. The molecule has 1 heterocycles. The topological polar surface area (TPSA) is 15.3 Å². The maximum atomic E-state index is 3.45. The fourth-order valence-electron chi connectivity index (χ4n) is 2.50. The van der Waals surface area contributed by atoms with E-state index in [1.165, 1.54) is 13.0 Å². The summed E-state index contributed by atoms with van der Waals surface area (Å²) in [5, 5.41) is 3.45.